The highest BCUT2D eigenvalue weighted by Gasteiger charge is 2.29. The van der Waals surface area contributed by atoms with Crippen LogP contribution in [0, 0.1) is 13.8 Å². The lowest BCUT2D eigenvalue weighted by atomic mass is 9.90. The van der Waals surface area contributed by atoms with Crippen LogP contribution < -0.4 is 5.73 Å². The third kappa shape index (κ3) is 2.84. The summed E-state index contributed by atoms with van der Waals surface area (Å²) in [5.74, 6) is 0.399. The fourth-order valence-electron chi connectivity index (χ4n) is 3.70. The number of benzene rings is 1. The van der Waals surface area contributed by atoms with Gasteiger partial charge in [0.15, 0.2) is 0 Å². The van der Waals surface area contributed by atoms with Crippen LogP contribution in [0.25, 0.3) is 10.2 Å². The molecule has 1 amide bonds. The monoisotopic (exact) mass is 366 g/mol. The summed E-state index contributed by atoms with van der Waals surface area (Å²) in [5, 5.41) is 9.27. The fraction of sp³-hybridized carbons (Fsp3) is 0.350. The summed E-state index contributed by atoms with van der Waals surface area (Å²) in [5.41, 5.74) is 10.1. The third-order valence-electron chi connectivity index (χ3n) is 5.31. The fourth-order valence-corrected chi connectivity index (χ4v) is 4.77. The van der Waals surface area contributed by atoms with Crippen molar-refractivity contribution < 1.29 is 4.79 Å². The number of aromatic nitrogens is 2. The minimum atomic E-state index is 0.0168. The Morgan fingerprint density at radius 2 is 2.00 bits per heavy atom. The third-order valence-corrected chi connectivity index (χ3v) is 6.39. The lowest BCUT2D eigenvalue weighted by molar-refractivity contribution is 0.0713. The van der Waals surface area contributed by atoms with Gasteiger partial charge in [-0.3, -0.25) is 4.79 Å². The van der Waals surface area contributed by atoms with Crippen molar-refractivity contribution in [1.29, 1.82) is 0 Å². The smallest absolute Gasteiger partial charge is 0.266 e. The van der Waals surface area contributed by atoms with E-state index in [1.807, 2.05) is 24.8 Å². The SMILES string of the molecule is Cc1nnc2sc(C(=O)N3CCCC(c4ccccc4)C3)c(N)c2c1C. The van der Waals surface area contributed by atoms with E-state index in [1.54, 1.807) is 0 Å². The van der Waals surface area contributed by atoms with Crippen molar-refractivity contribution in [2.45, 2.75) is 32.6 Å². The van der Waals surface area contributed by atoms with E-state index in [2.05, 4.69) is 34.5 Å². The van der Waals surface area contributed by atoms with Crippen LogP contribution >= 0.6 is 11.3 Å². The number of amides is 1. The highest BCUT2D eigenvalue weighted by molar-refractivity contribution is 7.21. The molecule has 1 aliphatic rings. The van der Waals surface area contributed by atoms with Gasteiger partial charge in [0.05, 0.1) is 11.4 Å². The van der Waals surface area contributed by atoms with Crippen LogP contribution in [0.3, 0.4) is 0 Å². The van der Waals surface area contributed by atoms with Gasteiger partial charge in [-0.25, -0.2) is 0 Å². The van der Waals surface area contributed by atoms with Gasteiger partial charge in [-0.1, -0.05) is 30.3 Å². The first-order chi connectivity index (χ1) is 12.6. The number of carbonyl (C=O) groups is 1. The summed E-state index contributed by atoms with van der Waals surface area (Å²) in [6, 6.07) is 10.4. The molecule has 1 saturated heterocycles. The van der Waals surface area contributed by atoms with E-state index >= 15 is 0 Å². The van der Waals surface area contributed by atoms with Crippen molar-refractivity contribution in [2.75, 3.05) is 18.8 Å². The zero-order valence-electron chi connectivity index (χ0n) is 15.0. The molecule has 1 aliphatic heterocycles. The van der Waals surface area contributed by atoms with Gasteiger partial charge in [0.1, 0.15) is 9.71 Å². The lowest BCUT2D eigenvalue weighted by Crippen LogP contribution is -2.39. The van der Waals surface area contributed by atoms with Gasteiger partial charge in [-0.2, -0.15) is 5.10 Å². The van der Waals surface area contributed by atoms with E-state index < -0.39 is 0 Å². The minimum Gasteiger partial charge on any atom is -0.397 e. The van der Waals surface area contributed by atoms with Crippen molar-refractivity contribution in [3.05, 3.63) is 52.0 Å². The molecule has 1 unspecified atom stereocenters. The number of hydrogen-bond donors (Lipinski definition) is 1. The Bertz CT molecular complexity index is 967. The minimum absolute atomic E-state index is 0.0168. The number of nitrogens with two attached hydrogens (primary N) is 1. The maximum absolute atomic E-state index is 13.2. The van der Waals surface area contributed by atoms with Crippen LogP contribution in [0.2, 0.25) is 0 Å². The Hall–Kier alpha value is -2.47. The summed E-state index contributed by atoms with van der Waals surface area (Å²) in [4.78, 5) is 16.4. The summed E-state index contributed by atoms with van der Waals surface area (Å²) in [7, 11) is 0. The van der Waals surface area contributed by atoms with Crippen molar-refractivity contribution in [3.8, 4) is 0 Å². The van der Waals surface area contributed by atoms with Crippen molar-refractivity contribution in [2.24, 2.45) is 0 Å². The predicted molar refractivity (Wildman–Crippen MR) is 106 cm³/mol. The zero-order valence-corrected chi connectivity index (χ0v) is 15.8. The van der Waals surface area contributed by atoms with Gasteiger partial charge >= 0.3 is 0 Å². The average Bonchev–Trinajstić information content (AvgIpc) is 3.02. The number of fused-ring (bicyclic) bond motifs is 1. The molecule has 0 saturated carbocycles. The maximum atomic E-state index is 13.2. The molecule has 0 bridgehead atoms. The van der Waals surface area contributed by atoms with Crippen molar-refractivity contribution in [3.63, 3.8) is 0 Å². The van der Waals surface area contributed by atoms with Gasteiger partial charge in [-0.05, 0) is 37.8 Å². The van der Waals surface area contributed by atoms with Crippen LogP contribution in [-0.2, 0) is 0 Å². The molecule has 1 atom stereocenters. The molecule has 0 radical (unpaired) electrons. The zero-order chi connectivity index (χ0) is 18.3. The second kappa shape index (κ2) is 6.68. The molecular weight excluding hydrogens is 344 g/mol. The number of thiophene rings is 1. The summed E-state index contributed by atoms with van der Waals surface area (Å²) in [6.07, 6.45) is 2.12. The molecule has 2 N–H and O–H groups in total. The van der Waals surface area contributed by atoms with E-state index in [1.165, 1.54) is 16.9 Å². The summed E-state index contributed by atoms with van der Waals surface area (Å²) in [6.45, 7) is 5.41. The molecule has 4 rings (SSSR count). The van der Waals surface area contributed by atoms with Gasteiger partial charge in [0.2, 0.25) is 0 Å². The standard InChI is InChI=1S/C20H22N4OS/c1-12-13(2)22-23-19-16(12)17(21)18(26-19)20(25)24-10-6-9-15(11-24)14-7-4-3-5-8-14/h3-5,7-8,15H,6,9-11,21H2,1-2H3. The number of nitrogen functional groups attached to an aromatic ring is 1. The molecule has 0 aliphatic carbocycles. The van der Waals surface area contributed by atoms with Crippen LogP contribution in [0.4, 0.5) is 5.69 Å². The summed E-state index contributed by atoms with van der Waals surface area (Å²) >= 11 is 1.36. The van der Waals surface area contributed by atoms with Crippen LogP contribution in [0.5, 0.6) is 0 Å². The number of piperidine rings is 1. The molecule has 6 heteroatoms. The quantitative estimate of drug-likeness (QED) is 0.746. The van der Waals surface area contributed by atoms with Crippen molar-refractivity contribution >= 4 is 33.1 Å². The molecule has 2 aromatic heterocycles. The maximum Gasteiger partial charge on any atom is 0.266 e. The second-order valence-corrected chi connectivity index (χ2v) is 7.94. The number of rotatable bonds is 2. The number of nitrogens with zero attached hydrogens (tertiary/aromatic N) is 3. The number of hydrogen-bond acceptors (Lipinski definition) is 5. The Balaban J connectivity index is 1.64. The van der Waals surface area contributed by atoms with Gasteiger partial charge in [-0.15, -0.1) is 16.4 Å². The van der Waals surface area contributed by atoms with E-state index in [-0.39, 0.29) is 5.91 Å². The lowest BCUT2D eigenvalue weighted by Gasteiger charge is -2.33. The predicted octanol–water partition coefficient (Wildman–Crippen LogP) is 3.91. The Kier molecular flexibility index (Phi) is 4.36. The first-order valence-electron chi connectivity index (χ1n) is 8.92. The topological polar surface area (TPSA) is 72.1 Å². The molecule has 1 fully saturated rings. The van der Waals surface area contributed by atoms with Gasteiger partial charge in [0, 0.05) is 24.4 Å². The molecule has 3 heterocycles. The molecular formula is C20H22N4OS. The summed E-state index contributed by atoms with van der Waals surface area (Å²) < 4.78 is 0. The molecule has 3 aromatic rings. The highest BCUT2D eigenvalue weighted by Crippen LogP contribution is 2.37. The van der Waals surface area contributed by atoms with Crippen LogP contribution in [-0.4, -0.2) is 34.1 Å². The first kappa shape index (κ1) is 17.0. The molecule has 1 aromatic carbocycles. The molecule has 0 spiro atoms. The Morgan fingerprint density at radius 3 is 2.77 bits per heavy atom. The van der Waals surface area contributed by atoms with Gasteiger partial charge in [0.25, 0.3) is 5.91 Å². The first-order valence-corrected chi connectivity index (χ1v) is 9.74. The van der Waals surface area contributed by atoms with Gasteiger partial charge < -0.3 is 10.6 Å². The second-order valence-electron chi connectivity index (χ2n) is 6.94. The molecule has 26 heavy (non-hydrogen) atoms. The van der Waals surface area contributed by atoms with E-state index in [0.29, 0.717) is 16.5 Å². The largest absolute Gasteiger partial charge is 0.397 e. The normalized spacial score (nSPS) is 17.6. The van der Waals surface area contributed by atoms with E-state index in [0.717, 1.165) is 47.4 Å². The average molecular weight is 366 g/mol. The van der Waals surface area contributed by atoms with E-state index in [4.69, 9.17) is 5.73 Å². The number of anilines is 1. The molecule has 134 valence electrons. The van der Waals surface area contributed by atoms with E-state index in [9.17, 15) is 4.79 Å². The number of carbonyl (C=O) groups excluding carboxylic acids is 1. The molecule has 5 nitrogen and oxygen atoms in total. The number of aryl methyl sites for hydroxylation is 2. The van der Waals surface area contributed by atoms with Crippen LogP contribution in [0.15, 0.2) is 30.3 Å². The van der Waals surface area contributed by atoms with Crippen LogP contribution in [0.1, 0.15) is 45.3 Å². The Labute approximate surface area is 156 Å². The van der Waals surface area contributed by atoms with Crippen molar-refractivity contribution in [1.82, 2.24) is 15.1 Å². The highest BCUT2D eigenvalue weighted by atomic mass is 32.1. The Morgan fingerprint density at radius 1 is 1.23 bits per heavy atom. The number of likely N-dealkylation sites (tertiary alicyclic amines) is 1.